The molecule has 0 aromatic carbocycles. The Morgan fingerprint density at radius 3 is 2.83 bits per heavy atom. The van der Waals surface area contributed by atoms with Gasteiger partial charge in [-0.2, -0.15) is 15.3 Å². The number of aromatic nitrogens is 5. The number of anilines is 1. The first kappa shape index (κ1) is 16.1. The molecule has 2 N–H and O–H groups in total. The molecule has 3 rings (SSSR count). The molecule has 0 aliphatic carbocycles. The van der Waals surface area contributed by atoms with E-state index in [4.69, 9.17) is 11.6 Å². The Labute approximate surface area is 143 Å². The summed E-state index contributed by atoms with van der Waals surface area (Å²) < 4.78 is 0. The van der Waals surface area contributed by atoms with E-state index in [1.165, 1.54) is 0 Å². The van der Waals surface area contributed by atoms with Gasteiger partial charge in [-0.25, -0.2) is 4.98 Å². The number of halogens is 1. The Morgan fingerprint density at radius 2 is 2.08 bits per heavy atom. The lowest BCUT2D eigenvalue weighted by Gasteiger charge is -2.02. The topological polar surface area (TPSA) is 96.5 Å². The second-order valence-corrected chi connectivity index (χ2v) is 5.68. The highest BCUT2D eigenvalue weighted by Crippen LogP contribution is 2.21. The highest BCUT2D eigenvalue weighted by molar-refractivity contribution is 6.29. The minimum atomic E-state index is -0.118. The van der Waals surface area contributed by atoms with Crippen molar-refractivity contribution < 1.29 is 4.79 Å². The van der Waals surface area contributed by atoms with Crippen LogP contribution in [0.15, 0.2) is 36.8 Å². The largest absolute Gasteiger partial charge is 0.309 e. The molecule has 122 valence electrons. The van der Waals surface area contributed by atoms with Gasteiger partial charge in [0.1, 0.15) is 5.15 Å². The van der Waals surface area contributed by atoms with Crippen molar-refractivity contribution in [2.24, 2.45) is 0 Å². The van der Waals surface area contributed by atoms with Gasteiger partial charge in [-0.05, 0) is 30.5 Å². The third kappa shape index (κ3) is 3.94. The summed E-state index contributed by atoms with van der Waals surface area (Å²) in [6.07, 6.45) is 5.92. The van der Waals surface area contributed by atoms with Gasteiger partial charge in [-0.3, -0.25) is 9.89 Å². The summed E-state index contributed by atoms with van der Waals surface area (Å²) in [5.74, 6) is 0.355. The second kappa shape index (κ2) is 7.18. The minimum absolute atomic E-state index is 0.118. The molecule has 1 amide bonds. The van der Waals surface area contributed by atoms with Gasteiger partial charge in [0.15, 0.2) is 5.82 Å². The summed E-state index contributed by atoms with van der Waals surface area (Å²) in [7, 11) is 0. The number of H-pyrrole nitrogens is 1. The highest BCUT2D eigenvalue weighted by atomic mass is 35.5. The van der Waals surface area contributed by atoms with Gasteiger partial charge in [0.25, 0.3) is 0 Å². The molecule has 3 aromatic heterocycles. The van der Waals surface area contributed by atoms with Gasteiger partial charge in [-0.1, -0.05) is 17.7 Å². The number of amides is 1. The molecule has 0 atom stereocenters. The molecule has 0 fully saturated rings. The summed E-state index contributed by atoms with van der Waals surface area (Å²) >= 11 is 5.74. The van der Waals surface area contributed by atoms with Crippen molar-refractivity contribution in [1.82, 2.24) is 25.4 Å². The normalized spacial score (nSPS) is 10.6. The number of aryl methyl sites for hydroxylation is 2. The van der Waals surface area contributed by atoms with Crippen LogP contribution in [0.5, 0.6) is 0 Å². The van der Waals surface area contributed by atoms with Crippen molar-refractivity contribution in [3.05, 3.63) is 53.1 Å². The lowest BCUT2D eigenvalue weighted by Crippen LogP contribution is -2.12. The van der Waals surface area contributed by atoms with Gasteiger partial charge in [-0.15, -0.1) is 0 Å². The Morgan fingerprint density at radius 1 is 1.25 bits per heavy atom. The summed E-state index contributed by atoms with van der Waals surface area (Å²) in [6, 6.07) is 5.33. The van der Waals surface area contributed by atoms with Crippen LogP contribution in [0.25, 0.3) is 11.3 Å². The highest BCUT2D eigenvalue weighted by Gasteiger charge is 2.09. The van der Waals surface area contributed by atoms with E-state index in [-0.39, 0.29) is 5.91 Å². The molecule has 3 aromatic rings. The van der Waals surface area contributed by atoms with E-state index < -0.39 is 0 Å². The van der Waals surface area contributed by atoms with Crippen molar-refractivity contribution in [3.63, 3.8) is 0 Å². The molecule has 8 heteroatoms. The molecular weight excluding hydrogens is 328 g/mol. The van der Waals surface area contributed by atoms with Crippen molar-refractivity contribution in [2.45, 2.75) is 19.8 Å². The van der Waals surface area contributed by atoms with E-state index in [1.54, 1.807) is 30.7 Å². The fourth-order valence-electron chi connectivity index (χ4n) is 2.21. The van der Waals surface area contributed by atoms with Crippen LogP contribution in [0.2, 0.25) is 5.15 Å². The summed E-state index contributed by atoms with van der Waals surface area (Å²) in [6.45, 7) is 1.93. The molecule has 0 bridgehead atoms. The third-order valence-electron chi connectivity index (χ3n) is 3.49. The molecule has 0 saturated carbocycles. The Balaban J connectivity index is 1.59. The van der Waals surface area contributed by atoms with Gasteiger partial charge in [0.05, 0.1) is 18.1 Å². The molecule has 7 nitrogen and oxygen atoms in total. The molecular formula is C16H15ClN6O. The summed E-state index contributed by atoms with van der Waals surface area (Å²) in [5, 5.41) is 17.9. The van der Waals surface area contributed by atoms with Crippen molar-refractivity contribution >= 4 is 23.3 Å². The van der Waals surface area contributed by atoms with E-state index in [1.807, 2.05) is 13.0 Å². The Kier molecular flexibility index (Phi) is 4.81. The molecule has 0 unspecified atom stereocenters. The fourth-order valence-corrected chi connectivity index (χ4v) is 2.32. The van der Waals surface area contributed by atoms with Crippen LogP contribution in [-0.2, 0) is 11.2 Å². The average molecular weight is 343 g/mol. The zero-order valence-electron chi connectivity index (χ0n) is 13.0. The Hall–Kier alpha value is -2.80. The van der Waals surface area contributed by atoms with E-state index in [0.717, 1.165) is 22.4 Å². The lowest BCUT2D eigenvalue weighted by atomic mass is 10.1. The van der Waals surface area contributed by atoms with Crippen LogP contribution in [0.1, 0.15) is 17.5 Å². The summed E-state index contributed by atoms with van der Waals surface area (Å²) in [4.78, 5) is 16.0. The zero-order valence-corrected chi connectivity index (χ0v) is 13.7. The molecule has 0 spiro atoms. The number of carbonyl (C=O) groups excluding carboxylic acids is 1. The summed E-state index contributed by atoms with van der Waals surface area (Å²) in [5.41, 5.74) is 3.60. The van der Waals surface area contributed by atoms with Crippen LogP contribution >= 0.6 is 11.6 Å². The van der Waals surface area contributed by atoms with Gasteiger partial charge >= 0.3 is 0 Å². The number of carbonyl (C=O) groups is 1. The molecule has 0 radical (unpaired) electrons. The van der Waals surface area contributed by atoms with E-state index in [0.29, 0.717) is 23.8 Å². The van der Waals surface area contributed by atoms with Crippen LogP contribution in [0, 0.1) is 6.92 Å². The second-order valence-electron chi connectivity index (χ2n) is 5.29. The quantitative estimate of drug-likeness (QED) is 0.695. The number of pyridine rings is 1. The first-order chi connectivity index (χ1) is 11.6. The van der Waals surface area contributed by atoms with Gasteiger partial charge < -0.3 is 5.32 Å². The molecule has 3 heterocycles. The van der Waals surface area contributed by atoms with Crippen molar-refractivity contribution in [1.29, 1.82) is 0 Å². The first-order valence-electron chi connectivity index (χ1n) is 7.35. The number of aromatic amines is 1. The number of nitrogens with one attached hydrogen (secondary N) is 2. The monoisotopic (exact) mass is 342 g/mol. The number of nitrogens with zero attached hydrogens (tertiary/aromatic N) is 4. The maximum absolute atomic E-state index is 12.0. The predicted octanol–water partition coefficient (Wildman–Crippen LogP) is 2.79. The molecule has 0 aliphatic heterocycles. The smallest absolute Gasteiger partial charge is 0.225 e. The van der Waals surface area contributed by atoms with Gasteiger partial charge in [0, 0.05) is 24.2 Å². The molecule has 0 saturated heterocycles. The van der Waals surface area contributed by atoms with Crippen LogP contribution in [0.4, 0.5) is 5.82 Å². The van der Waals surface area contributed by atoms with Crippen LogP contribution in [0.3, 0.4) is 0 Å². The fraction of sp³-hybridized carbons (Fsp3) is 0.188. The first-order valence-corrected chi connectivity index (χ1v) is 7.73. The standard InChI is InChI=1S/C16H15ClN6O/c1-10-7-19-20-9-12(10)13-6-15(23-22-13)21-16(24)5-3-11-2-4-14(17)18-8-11/h2,4,6-9H,3,5H2,1H3,(H2,21,22,23,24). The average Bonchev–Trinajstić information content (AvgIpc) is 3.03. The number of hydrogen-bond donors (Lipinski definition) is 2. The van der Waals surface area contributed by atoms with Crippen LogP contribution in [-0.4, -0.2) is 31.3 Å². The van der Waals surface area contributed by atoms with Crippen molar-refractivity contribution in [3.8, 4) is 11.3 Å². The van der Waals surface area contributed by atoms with Gasteiger partial charge in [0.2, 0.25) is 5.91 Å². The number of hydrogen-bond acceptors (Lipinski definition) is 5. The number of rotatable bonds is 5. The maximum atomic E-state index is 12.0. The SMILES string of the molecule is Cc1cnncc1-c1cc(NC(=O)CCc2ccc(Cl)nc2)n[nH]1. The third-order valence-corrected chi connectivity index (χ3v) is 3.72. The van der Waals surface area contributed by atoms with Crippen molar-refractivity contribution in [2.75, 3.05) is 5.32 Å². The van der Waals surface area contributed by atoms with E-state index >= 15 is 0 Å². The predicted molar refractivity (Wildman–Crippen MR) is 90.5 cm³/mol. The lowest BCUT2D eigenvalue weighted by molar-refractivity contribution is -0.116. The molecule has 24 heavy (non-hydrogen) atoms. The van der Waals surface area contributed by atoms with E-state index in [9.17, 15) is 4.79 Å². The molecule has 0 aliphatic rings. The van der Waals surface area contributed by atoms with E-state index in [2.05, 4.69) is 30.7 Å². The Bertz CT molecular complexity index is 846. The maximum Gasteiger partial charge on any atom is 0.225 e. The zero-order chi connectivity index (χ0) is 16.9. The van der Waals surface area contributed by atoms with Crippen LogP contribution < -0.4 is 5.32 Å². The minimum Gasteiger partial charge on any atom is -0.309 e.